The molecular formula is C16H22BrNO. The summed E-state index contributed by atoms with van der Waals surface area (Å²) < 4.78 is 1.02. The van der Waals surface area contributed by atoms with E-state index in [1.54, 1.807) is 0 Å². The van der Waals surface area contributed by atoms with Crippen LogP contribution in [-0.4, -0.2) is 23.4 Å². The Kier molecular flexibility index (Phi) is 5.03. The molecule has 1 aliphatic heterocycles. The van der Waals surface area contributed by atoms with Crippen molar-refractivity contribution in [3.8, 4) is 0 Å². The zero-order valence-corrected chi connectivity index (χ0v) is 13.4. The van der Waals surface area contributed by atoms with Crippen molar-refractivity contribution in [1.82, 2.24) is 4.90 Å². The second kappa shape index (κ2) is 6.56. The van der Waals surface area contributed by atoms with E-state index in [1.165, 1.54) is 12.0 Å². The largest absolute Gasteiger partial charge is 0.336 e. The predicted octanol–water partition coefficient (Wildman–Crippen LogP) is 4.55. The quantitative estimate of drug-likeness (QED) is 0.798. The Morgan fingerprint density at radius 2 is 2.21 bits per heavy atom. The van der Waals surface area contributed by atoms with E-state index in [0.717, 1.165) is 42.3 Å². The summed E-state index contributed by atoms with van der Waals surface area (Å²) in [4.78, 5) is 14.7. The number of rotatable bonds is 3. The van der Waals surface area contributed by atoms with Gasteiger partial charge in [-0.25, -0.2) is 0 Å². The molecule has 1 amide bonds. The average molecular weight is 324 g/mol. The maximum atomic E-state index is 12.7. The molecule has 2 nitrogen and oxygen atoms in total. The number of hydrogen-bond acceptors (Lipinski definition) is 1. The van der Waals surface area contributed by atoms with E-state index < -0.39 is 0 Å². The first-order valence-corrected chi connectivity index (χ1v) is 8.00. The van der Waals surface area contributed by atoms with Crippen LogP contribution in [0, 0.1) is 6.92 Å². The predicted molar refractivity (Wildman–Crippen MR) is 82.5 cm³/mol. The van der Waals surface area contributed by atoms with Gasteiger partial charge < -0.3 is 4.90 Å². The summed E-state index contributed by atoms with van der Waals surface area (Å²) >= 11 is 3.51. The van der Waals surface area contributed by atoms with Crippen LogP contribution >= 0.6 is 15.9 Å². The molecule has 1 aliphatic rings. The fraction of sp³-hybridized carbons (Fsp3) is 0.562. The topological polar surface area (TPSA) is 20.3 Å². The van der Waals surface area contributed by atoms with E-state index in [1.807, 2.05) is 25.1 Å². The van der Waals surface area contributed by atoms with Crippen LogP contribution in [0.1, 0.15) is 54.9 Å². The molecule has 0 N–H and O–H groups in total. The Morgan fingerprint density at radius 1 is 1.42 bits per heavy atom. The van der Waals surface area contributed by atoms with Crippen LogP contribution in [0.3, 0.4) is 0 Å². The maximum Gasteiger partial charge on any atom is 0.254 e. The lowest BCUT2D eigenvalue weighted by Gasteiger charge is -2.36. The van der Waals surface area contributed by atoms with Gasteiger partial charge in [0, 0.05) is 22.6 Å². The number of halogens is 1. The molecule has 1 aromatic rings. The molecule has 0 bridgehead atoms. The van der Waals surface area contributed by atoms with Crippen LogP contribution in [0.2, 0.25) is 0 Å². The molecule has 0 spiro atoms. The van der Waals surface area contributed by atoms with Gasteiger partial charge >= 0.3 is 0 Å². The van der Waals surface area contributed by atoms with Crippen LogP contribution in [0.4, 0.5) is 0 Å². The summed E-state index contributed by atoms with van der Waals surface area (Å²) in [6.45, 7) is 5.15. The SMILES string of the molecule is CCCC1CCCCN1C(=O)c1ccc(C)c(Br)c1. The van der Waals surface area contributed by atoms with E-state index in [4.69, 9.17) is 0 Å². The molecular weight excluding hydrogens is 302 g/mol. The normalized spacial score (nSPS) is 19.5. The highest BCUT2D eigenvalue weighted by Crippen LogP contribution is 2.24. The lowest BCUT2D eigenvalue weighted by molar-refractivity contribution is 0.0600. The van der Waals surface area contributed by atoms with Crippen LogP contribution in [0.5, 0.6) is 0 Å². The Morgan fingerprint density at radius 3 is 2.89 bits per heavy atom. The van der Waals surface area contributed by atoms with Gasteiger partial charge in [0.25, 0.3) is 5.91 Å². The highest BCUT2D eigenvalue weighted by atomic mass is 79.9. The van der Waals surface area contributed by atoms with Gasteiger partial charge in [0.15, 0.2) is 0 Å². The van der Waals surface area contributed by atoms with Gasteiger partial charge in [-0.05, 0) is 50.3 Å². The van der Waals surface area contributed by atoms with E-state index >= 15 is 0 Å². The fourth-order valence-corrected chi connectivity index (χ4v) is 3.17. The first kappa shape index (κ1) is 14.6. The van der Waals surface area contributed by atoms with E-state index in [-0.39, 0.29) is 5.91 Å². The summed E-state index contributed by atoms with van der Waals surface area (Å²) in [6, 6.07) is 6.34. The highest BCUT2D eigenvalue weighted by Gasteiger charge is 2.26. The van der Waals surface area contributed by atoms with Crippen molar-refractivity contribution in [2.75, 3.05) is 6.54 Å². The Hall–Kier alpha value is -0.830. The monoisotopic (exact) mass is 323 g/mol. The van der Waals surface area contributed by atoms with Crippen LogP contribution in [0.15, 0.2) is 22.7 Å². The third-order valence-corrected chi connectivity index (χ3v) is 4.78. The summed E-state index contributed by atoms with van der Waals surface area (Å²) in [7, 11) is 0. The second-order valence-electron chi connectivity index (χ2n) is 5.40. The molecule has 0 saturated carbocycles. The van der Waals surface area contributed by atoms with Gasteiger partial charge in [-0.1, -0.05) is 35.3 Å². The number of amides is 1. The van der Waals surface area contributed by atoms with Crippen molar-refractivity contribution >= 4 is 21.8 Å². The Labute approximate surface area is 124 Å². The summed E-state index contributed by atoms with van der Waals surface area (Å²) in [5.74, 6) is 0.193. The number of benzene rings is 1. The van der Waals surface area contributed by atoms with Crippen molar-refractivity contribution in [1.29, 1.82) is 0 Å². The van der Waals surface area contributed by atoms with E-state index in [2.05, 4.69) is 27.8 Å². The first-order chi connectivity index (χ1) is 9.13. The van der Waals surface area contributed by atoms with Crippen LogP contribution in [0.25, 0.3) is 0 Å². The number of likely N-dealkylation sites (tertiary alicyclic amines) is 1. The van der Waals surface area contributed by atoms with E-state index in [9.17, 15) is 4.79 Å². The van der Waals surface area contributed by atoms with Crippen molar-refractivity contribution < 1.29 is 4.79 Å². The van der Waals surface area contributed by atoms with Crippen molar-refractivity contribution in [3.05, 3.63) is 33.8 Å². The lowest BCUT2D eigenvalue weighted by Crippen LogP contribution is -2.43. The molecule has 1 heterocycles. The zero-order valence-electron chi connectivity index (χ0n) is 11.8. The molecule has 1 unspecified atom stereocenters. The molecule has 0 radical (unpaired) electrons. The van der Waals surface area contributed by atoms with E-state index in [0.29, 0.717) is 6.04 Å². The number of hydrogen-bond donors (Lipinski definition) is 0. The first-order valence-electron chi connectivity index (χ1n) is 7.20. The van der Waals surface area contributed by atoms with Gasteiger partial charge in [0.05, 0.1) is 0 Å². The van der Waals surface area contributed by atoms with Gasteiger partial charge in [0.1, 0.15) is 0 Å². The Bertz CT molecular complexity index is 456. The minimum Gasteiger partial charge on any atom is -0.336 e. The fourth-order valence-electron chi connectivity index (χ4n) is 2.79. The third-order valence-electron chi connectivity index (χ3n) is 3.93. The molecule has 1 aromatic carbocycles. The van der Waals surface area contributed by atoms with Crippen LogP contribution in [-0.2, 0) is 0 Å². The third kappa shape index (κ3) is 3.38. The van der Waals surface area contributed by atoms with Crippen molar-refractivity contribution in [3.63, 3.8) is 0 Å². The molecule has 1 fully saturated rings. The minimum atomic E-state index is 0.193. The Balaban J connectivity index is 2.18. The van der Waals surface area contributed by atoms with Crippen LogP contribution < -0.4 is 0 Å². The van der Waals surface area contributed by atoms with Crippen molar-refractivity contribution in [2.24, 2.45) is 0 Å². The molecule has 1 saturated heterocycles. The number of carbonyl (C=O) groups is 1. The highest BCUT2D eigenvalue weighted by molar-refractivity contribution is 9.10. The molecule has 2 rings (SSSR count). The molecule has 19 heavy (non-hydrogen) atoms. The molecule has 3 heteroatoms. The molecule has 104 valence electrons. The standard InChI is InChI=1S/C16H22BrNO/c1-3-6-14-7-4-5-10-18(14)16(19)13-9-8-12(2)15(17)11-13/h8-9,11,14H,3-7,10H2,1-2H3. The number of piperidine rings is 1. The lowest BCUT2D eigenvalue weighted by atomic mass is 9.97. The molecule has 0 aliphatic carbocycles. The number of aryl methyl sites for hydroxylation is 1. The van der Waals surface area contributed by atoms with Gasteiger partial charge in [-0.15, -0.1) is 0 Å². The molecule has 1 atom stereocenters. The maximum absolute atomic E-state index is 12.7. The second-order valence-corrected chi connectivity index (χ2v) is 6.26. The smallest absolute Gasteiger partial charge is 0.254 e. The van der Waals surface area contributed by atoms with Gasteiger partial charge in [-0.3, -0.25) is 4.79 Å². The van der Waals surface area contributed by atoms with Gasteiger partial charge in [0.2, 0.25) is 0 Å². The zero-order chi connectivity index (χ0) is 13.8. The summed E-state index contributed by atoms with van der Waals surface area (Å²) in [6.07, 6.45) is 5.82. The minimum absolute atomic E-state index is 0.193. The average Bonchev–Trinajstić information content (AvgIpc) is 2.42. The summed E-state index contributed by atoms with van der Waals surface area (Å²) in [5.41, 5.74) is 1.97. The number of nitrogens with zero attached hydrogens (tertiary/aromatic N) is 1. The summed E-state index contributed by atoms with van der Waals surface area (Å²) in [5, 5.41) is 0. The van der Waals surface area contributed by atoms with Gasteiger partial charge in [-0.2, -0.15) is 0 Å². The molecule has 0 aromatic heterocycles. The number of carbonyl (C=O) groups excluding carboxylic acids is 1. The van der Waals surface area contributed by atoms with Crippen molar-refractivity contribution in [2.45, 2.75) is 52.0 Å².